The van der Waals surface area contributed by atoms with E-state index >= 15 is 0 Å². The number of aromatic nitrogens is 2. The van der Waals surface area contributed by atoms with Gasteiger partial charge >= 0.3 is 0 Å². The highest BCUT2D eigenvalue weighted by Crippen LogP contribution is 2.32. The zero-order valence-electron chi connectivity index (χ0n) is 17.6. The van der Waals surface area contributed by atoms with Crippen molar-refractivity contribution >= 4 is 32.6 Å². The monoisotopic (exact) mass is 439 g/mol. The van der Waals surface area contributed by atoms with E-state index in [9.17, 15) is 4.79 Å². The van der Waals surface area contributed by atoms with Crippen LogP contribution in [-0.4, -0.2) is 16.0 Å². The Bertz CT molecular complexity index is 1360. The molecule has 158 valence electrons. The van der Waals surface area contributed by atoms with Gasteiger partial charge in [-0.3, -0.25) is 9.69 Å². The van der Waals surface area contributed by atoms with E-state index in [1.807, 2.05) is 66.7 Å². The van der Waals surface area contributed by atoms with Crippen molar-refractivity contribution in [2.75, 3.05) is 4.90 Å². The highest BCUT2D eigenvalue weighted by atomic mass is 32.1. The zero-order valence-corrected chi connectivity index (χ0v) is 18.4. The van der Waals surface area contributed by atoms with Crippen molar-refractivity contribution in [3.05, 3.63) is 102 Å². The number of hydrogen-bond donors (Lipinski definition) is 0. The number of thiazole rings is 1. The lowest BCUT2D eigenvalue weighted by Crippen LogP contribution is -2.30. The maximum absolute atomic E-state index is 13.6. The maximum atomic E-state index is 13.6. The Morgan fingerprint density at radius 2 is 1.69 bits per heavy atom. The predicted molar refractivity (Wildman–Crippen MR) is 128 cm³/mol. The average molecular weight is 440 g/mol. The molecule has 0 unspecified atom stereocenters. The fourth-order valence-corrected chi connectivity index (χ4v) is 4.56. The largest absolute Gasteiger partial charge is 0.355 e. The van der Waals surface area contributed by atoms with Crippen LogP contribution in [0.25, 0.3) is 21.5 Å². The fourth-order valence-electron chi connectivity index (χ4n) is 3.54. The molecule has 0 fully saturated rings. The number of hydrogen-bond acceptors (Lipinski definition) is 5. The summed E-state index contributed by atoms with van der Waals surface area (Å²) in [6.45, 7) is 2.52. The van der Waals surface area contributed by atoms with E-state index in [1.165, 1.54) is 16.9 Å². The van der Waals surface area contributed by atoms with Crippen LogP contribution in [0.15, 0.2) is 89.5 Å². The Morgan fingerprint density at radius 1 is 0.938 bits per heavy atom. The molecule has 0 saturated carbocycles. The molecule has 0 spiro atoms. The third-order valence-electron chi connectivity index (χ3n) is 5.30. The Labute approximate surface area is 189 Å². The topological polar surface area (TPSA) is 59.2 Å². The Hall–Kier alpha value is -3.77. The molecular formula is C26H21N3O2S. The number of anilines is 1. The summed E-state index contributed by atoms with van der Waals surface area (Å²) in [5.41, 5.74) is 4.28. The van der Waals surface area contributed by atoms with Crippen molar-refractivity contribution < 1.29 is 9.32 Å². The molecule has 2 heterocycles. The molecule has 1 amide bonds. The quantitative estimate of drug-likeness (QED) is 0.309. The average Bonchev–Trinajstić information content (AvgIpc) is 3.50. The molecule has 5 aromatic rings. The van der Waals surface area contributed by atoms with Crippen LogP contribution in [0.4, 0.5) is 5.13 Å². The molecule has 0 saturated heterocycles. The van der Waals surface area contributed by atoms with Crippen LogP contribution in [0.2, 0.25) is 0 Å². The molecule has 0 aliphatic rings. The normalized spacial score (nSPS) is 11.0. The summed E-state index contributed by atoms with van der Waals surface area (Å²) in [4.78, 5) is 20.0. The third-order valence-corrected chi connectivity index (χ3v) is 6.34. The van der Waals surface area contributed by atoms with E-state index in [0.717, 1.165) is 27.8 Å². The Balaban J connectivity index is 1.53. The molecule has 5 rings (SSSR count). The molecule has 5 nitrogen and oxygen atoms in total. The number of benzene rings is 3. The minimum absolute atomic E-state index is 0.241. The first-order valence-electron chi connectivity index (χ1n) is 10.5. The summed E-state index contributed by atoms with van der Waals surface area (Å²) in [6.07, 6.45) is 0.955. The third kappa shape index (κ3) is 4.05. The van der Waals surface area contributed by atoms with Gasteiger partial charge in [-0.25, -0.2) is 4.98 Å². The zero-order chi connectivity index (χ0) is 21.9. The molecule has 0 aliphatic heterocycles. The number of carbonyl (C=O) groups is 1. The van der Waals surface area contributed by atoms with Gasteiger partial charge < -0.3 is 4.52 Å². The number of nitrogens with zero attached hydrogens (tertiary/aromatic N) is 3. The maximum Gasteiger partial charge on any atom is 0.282 e. The molecule has 0 aliphatic carbocycles. The second kappa shape index (κ2) is 8.77. The Kier molecular flexibility index (Phi) is 5.52. The number of carbonyl (C=O) groups excluding carboxylic acids is 1. The molecule has 2 aromatic heterocycles. The van der Waals surface area contributed by atoms with Crippen molar-refractivity contribution in [1.82, 2.24) is 10.1 Å². The lowest BCUT2D eigenvalue weighted by Gasteiger charge is -2.18. The first-order valence-corrected chi connectivity index (χ1v) is 11.3. The number of rotatable bonds is 6. The second-order valence-electron chi connectivity index (χ2n) is 7.47. The first-order chi connectivity index (χ1) is 15.7. The summed E-state index contributed by atoms with van der Waals surface area (Å²) in [6, 6.07) is 27.5. The molecule has 0 atom stereocenters. The van der Waals surface area contributed by atoms with Crippen molar-refractivity contribution in [2.45, 2.75) is 19.9 Å². The summed E-state index contributed by atoms with van der Waals surface area (Å²) < 4.78 is 6.55. The van der Waals surface area contributed by atoms with E-state index < -0.39 is 0 Å². The van der Waals surface area contributed by atoms with Crippen LogP contribution < -0.4 is 4.90 Å². The summed E-state index contributed by atoms with van der Waals surface area (Å²) in [5.74, 6) is 0.319. The Morgan fingerprint density at radius 3 is 2.44 bits per heavy atom. The van der Waals surface area contributed by atoms with Gasteiger partial charge in [0.2, 0.25) is 0 Å². The van der Waals surface area contributed by atoms with Crippen LogP contribution in [-0.2, 0) is 13.0 Å². The van der Waals surface area contributed by atoms with Crippen LogP contribution in [0.5, 0.6) is 0 Å². The highest BCUT2D eigenvalue weighted by Gasteiger charge is 2.25. The molecule has 0 N–H and O–H groups in total. The number of fused-ring (bicyclic) bond motifs is 1. The second-order valence-corrected chi connectivity index (χ2v) is 8.48. The van der Waals surface area contributed by atoms with Crippen LogP contribution in [0.3, 0.4) is 0 Å². The van der Waals surface area contributed by atoms with Gasteiger partial charge in [0.05, 0.1) is 16.8 Å². The van der Waals surface area contributed by atoms with Gasteiger partial charge in [-0.1, -0.05) is 90.1 Å². The highest BCUT2D eigenvalue weighted by molar-refractivity contribution is 7.22. The smallest absolute Gasteiger partial charge is 0.282 e. The van der Waals surface area contributed by atoms with Gasteiger partial charge in [-0.15, -0.1) is 0 Å². The van der Waals surface area contributed by atoms with E-state index in [4.69, 9.17) is 9.51 Å². The molecule has 32 heavy (non-hydrogen) atoms. The van der Waals surface area contributed by atoms with Crippen LogP contribution in [0, 0.1) is 0 Å². The molecule has 6 heteroatoms. The summed E-state index contributed by atoms with van der Waals surface area (Å²) in [5, 5.41) is 4.72. The van der Waals surface area contributed by atoms with Gasteiger partial charge in [-0.2, -0.15) is 0 Å². The minimum atomic E-state index is -0.241. The lowest BCUT2D eigenvalue weighted by atomic mass is 10.1. The molecular weight excluding hydrogens is 418 g/mol. The molecule has 0 radical (unpaired) electrons. The summed E-state index contributed by atoms with van der Waals surface area (Å²) in [7, 11) is 0. The van der Waals surface area contributed by atoms with E-state index in [-0.39, 0.29) is 11.6 Å². The van der Waals surface area contributed by atoms with E-state index in [0.29, 0.717) is 17.4 Å². The number of amides is 1. The van der Waals surface area contributed by atoms with Gasteiger partial charge in [0.1, 0.15) is 0 Å². The van der Waals surface area contributed by atoms with Crippen molar-refractivity contribution in [3.63, 3.8) is 0 Å². The summed E-state index contributed by atoms with van der Waals surface area (Å²) >= 11 is 1.52. The minimum Gasteiger partial charge on any atom is -0.355 e. The van der Waals surface area contributed by atoms with Crippen molar-refractivity contribution in [2.24, 2.45) is 0 Å². The van der Waals surface area contributed by atoms with Crippen molar-refractivity contribution in [1.29, 1.82) is 0 Å². The van der Waals surface area contributed by atoms with Crippen LogP contribution in [0.1, 0.15) is 28.5 Å². The first kappa shape index (κ1) is 20.2. The fraction of sp³-hybridized carbons (Fsp3) is 0.115. The van der Waals surface area contributed by atoms with Gasteiger partial charge in [-0.05, 0) is 29.7 Å². The molecule has 3 aromatic carbocycles. The lowest BCUT2D eigenvalue weighted by molar-refractivity contribution is 0.0976. The van der Waals surface area contributed by atoms with E-state index in [1.54, 1.807) is 11.0 Å². The van der Waals surface area contributed by atoms with Gasteiger partial charge in [0, 0.05) is 11.6 Å². The predicted octanol–water partition coefficient (Wildman–Crippen LogP) is 6.36. The SMILES string of the molecule is CCc1ccc2nc(N(Cc3ccccc3)C(=O)c3cc(-c4ccccc4)on3)sc2c1. The van der Waals surface area contributed by atoms with Gasteiger partial charge in [0.15, 0.2) is 16.6 Å². The number of aryl methyl sites for hydroxylation is 1. The standard InChI is InChI=1S/C26H21N3O2S/c1-2-18-13-14-21-24(15-18)32-26(27-21)29(17-19-9-5-3-6-10-19)25(30)22-16-23(31-28-22)20-11-7-4-8-12-20/h3-16H,2,17H2,1H3. The van der Waals surface area contributed by atoms with E-state index in [2.05, 4.69) is 24.2 Å². The van der Waals surface area contributed by atoms with Gasteiger partial charge in [0.25, 0.3) is 5.91 Å². The van der Waals surface area contributed by atoms with Crippen molar-refractivity contribution in [3.8, 4) is 11.3 Å². The molecule has 0 bridgehead atoms. The van der Waals surface area contributed by atoms with Crippen LogP contribution >= 0.6 is 11.3 Å².